The molecule has 1 amide bonds. The average molecular weight is 466 g/mol. The third kappa shape index (κ3) is 5.90. The summed E-state index contributed by atoms with van der Waals surface area (Å²) in [6, 6.07) is 9.47. The predicted octanol–water partition coefficient (Wildman–Crippen LogP) is 4.83. The Hall–Kier alpha value is -3.70. The lowest BCUT2D eigenvalue weighted by molar-refractivity contribution is -0.389. The Balaban J connectivity index is 1.72. The molecule has 0 saturated heterocycles. The Kier molecular flexibility index (Phi) is 6.68. The molecule has 0 saturated carbocycles. The molecule has 0 fully saturated rings. The maximum atomic E-state index is 12.2. The van der Waals surface area contributed by atoms with Gasteiger partial charge in [0.1, 0.15) is 11.5 Å². The summed E-state index contributed by atoms with van der Waals surface area (Å²) in [7, 11) is 0. The number of amides is 1. The molecule has 31 heavy (non-hydrogen) atoms. The van der Waals surface area contributed by atoms with Crippen molar-refractivity contribution in [2.45, 2.75) is 13.0 Å². The number of nitro benzene ring substituents is 1. The average Bonchev–Trinajstić information content (AvgIpc) is 3.18. The topological polar surface area (TPSA) is 142 Å². The van der Waals surface area contributed by atoms with Gasteiger partial charge in [-0.2, -0.15) is 4.68 Å². The molecule has 0 aliphatic carbocycles. The van der Waals surface area contributed by atoms with Crippen molar-refractivity contribution in [1.82, 2.24) is 9.78 Å². The van der Waals surface area contributed by atoms with Gasteiger partial charge in [0.05, 0.1) is 45.6 Å². The summed E-state index contributed by atoms with van der Waals surface area (Å²) in [6.07, 6.45) is 1.31. The molecule has 0 unspecified atom stereocenters. The number of carbonyl (C=O) groups is 1. The number of hydrogen-bond acceptors (Lipinski definition) is 7. The van der Waals surface area contributed by atoms with Gasteiger partial charge < -0.3 is 20.2 Å². The van der Waals surface area contributed by atoms with E-state index in [9.17, 15) is 25.0 Å². The van der Waals surface area contributed by atoms with Crippen LogP contribution in [0.25, 0.3) is 0 Å². The summed E-state index contributed by atoms with van der Waals surface area (Å²) in [6.45, 7) is 0.0817. The zero-order chi connectivity index (χ0) is 22.5. The molecule has 0 aliphatic heterocycles. The van der Waals surface area contributed by atoms with Crippen LogP contribution in [0, 0.1) is 20.2 Å². The van der Waals surface area contributed by atoms with Crippen LogP contribution in [0.1, 0.15) is 6.42 Å². The van der Waals surface area contributed by atoms with E-state index in [2.05, 4.69) is 10.4 Å². The second-order valence-corrected chi connectivity index (χ2v) is 6.99. The van der Waals surface area contributed by atoms with Gasteiger partial charge in [-0.15, -0.1) is 0 Å². The van der Waals surface area contributed by atoms with Gasteiger partial charge in [0.25, 0.3) is 5.69 Å². The van der Waals surface area contributed by atoms with Gasteiger partial charge in [0, 0.05) is 23.6 Å². The van der Waals surface area contributed by atoms with Gasteiger partial charge >= 0.3 is 5.82 Å². The van der Waals surface area contributed by atoms with Crippen LogP contribution in [-0.2, 0) is 11.3 Å². The Bertz CT molecular complexity index is 1170. The van der Waals surface area contributed by atoms with Crippen LogP contribution >= 0.6 is 23.2 Å². The lowest BCUT2D eigenvalue weighted by Crippen LogP contribution is -2.15. The summed E-state index contributed by atoms with van der Waals surface area (Å²) >= 11 is 11.9. The quantitative estimate of drug-likeness (QED) is 0.370. The third-order valence-electron chi connectivity index (χ3n) is 3.89. The Morgan fingerprint density at radius 1 is 1.10 bits per heavy atom. The van der Waals surface area contributed by atoms with Crippen LogP contribution in [0.4, 0.5) is 17.2 Å². The first-order valence-electron chi connectivity index (χ1n) is 8.61. The van der Waals surface area contributed by atoms with Crippen molar-refractivity contribution < 1.29 is 19.4 Å². The fourth-order valence-electron chi connectivity index (χ4n) is 2.52. The Morgan fingerprint density at radius 3 is 2.52 bits per heavy atom. The molecule has 0 atom stereocenters. The van der Waals surface area contributed by atoms with E-state index in [1.165, 1.54) is 47.3 Å². The number of halogens is 2. The Morgan fingerprint density at radius 2 is 1.87 bits per heavy atom. The molecular weight excluding hydrogens is 453 g/mol. The van der Waals surface area contributed by atoms with E-state index >= 15 is 0 Å². The molecule has 3 aromatic rings. The molecule has 0 spiro atoms. The summed E-state index contributed by atoms with van der Waals surface area (Å²) < 4.78 is 6.86. The largest absolute Gasteiger partial charge is 0.455 e. The van der Waals surface area contributed by atoms with Crippen molar-refractivity contribution in [3.8, 4) is 11.5 Å². The molecule has 0 radical (unpaired) electrons. The first-order valence-corrected chi connectivity index (χ1v) is 9.37. The van der Waals surface area contributed by atoms with Gasteiger partial charge in [-0.1, -0.05) is 23.2 Å². The number of rotatable bonds is 8. The monoisotopic (exact) mass is 465 g/mol. The molecule has 3 rings (SSSR count). The normalized spacial score (nSPS) is 10.5. The number of carbonyl (C=O) groups excluding carboxylic acids is 1. The smallest absolute Gasteiger partial charge is 0.389 e. The van der Waals surface area contributed by atoms with Gasteiger partial charge in [0.15, 0.2) is 0 Å². The van der Waals surface area contributed by atoms with Gasteiger partial charge in [-0.05, 0) is 23.1 Å². The molecule has 0 bridgehead atoms. The SMILES string of the molecule is O=C(CCn1ccc([N+](=O)[O-])n1)Nc1cc(Oc2ccc(Cl)cc2Cl)cc([N+](=O)[O-])c1. The van der Waals surface area contributed by atoms with E-state index in [-0.39, 0.29) is 46.7 Å². The van der Waals surface area contributed by atoms with E-state index < -0.39 is 15.8 Å². The number of hydrogen-bond donors (Lipinski definition) is 1. The first-order chi connectivity index (χ1) is 14.7. The summed E-state index contributed by atoms with van der Waals surface area (Å²) in [5, 5.41) is 28.7. The molecule has 1 aromatic heterocycles. The maximum Gasteiger partial charge on any atom is 0.389 e. The predicted molar refractivity (Wildman–Crippen MR) is 112 cm³/mol. The fraction of sp³-hybridized carbons (Fsp3) is 0.111. The lowest BCUT2D eigenvalue weighted by Gasteiger charge is -2.10. The van der Waals surface area contributed by atoms with Crippen LogP contribution in [0.15, 0.2) is 48.7 Å². The number of nitrogens with zero attached hydrogens (tertiary/aromatic N) is 4. The van der Waals surface area contributed by atoms with Crippen molar-refractivity contribution in [3.63, 3.8) is 0 Å². The minimum Gasteiger partial charge on any atom is -0.455 e. The van der Waals surface area contributed by atoms with Gasteiger partial charge in [0.2, 0.25) is 5.91 Å². The number of aromatic nitrogens is 2. The zero-order valence-corrected chi connectivity index (χ0v) is 17.0. The number of anilines is 1. The lowest BCUT2D eigenvalue weighted by atomic mass is 10.2. The van der Waals surface area contributed by atoms with E-state index in [1.54, 1.807) is 6.07 Å². The van der Waals surface area contributed by atoms with Crippen LogP contribution in [-0.4, -0.2) is 25.5 Å². The Labute approximate surface area is 184 Å². The summed E-state index contributed by atoms with van der Waals surface area (Å²) in [5.41, 5.74) is -0.175. The summed E-state index contributed by atoms with van der Waals surface area (Å²) in [5.74, 6) is -0.503. The molecule has 1 heterocycles. The molecular formula is C18H13Cl2N5O6. The van der Waals surface area contributed by atoms with E-state index in [4.69, 9.17) is 27.9 Å². The number of benzene rings is 2. The van der Waals surface area contributed by atoms with E-state index in [0.29, 0.717) is 5.02 Å². The van der Waals surface area contributed by atoms with Crippen molar-refractivity contribution in [1.29, 1.82) is 0 Å². The first kappa shape index (κ1) is 22.0. The molecule has 13 heteroatoms. The van der Waals surface area contributed by atoms with Gasteiger partial charge in [-0.25, -0.2) is 0 Å². The van der Waals surface area contributed by atoms with Crippen molar-refractivity contribution in [2.24, 2.45) is 0 Å². The number of nitro groups is 2. The second-order valence-electron chi connectivity index (χ2n) is 6.14. The zero-order valence-electron chi connectivity index (χ0n) is 15.5. The minimum absolute atomic E-state index is 0.0687. The second kappa shape index (κ2) is 9.41. The number of non-ortho nitro benzene ring substituents is 1. The molecule has 2 aromatic carbocycles. The number of ether oxygens (including phenoxy) is 1. The van der Waals surface area contributed by atoms with Crippen LogP contribution < -0.4 is 10.1 Å². The maximum absolute atomic E-state index is 12.2. The number of nitrogens with one attached hydrogen (secondary N) is 1. The van der Waals surface area contributed by atoms with Gasteiger partial charge in [-0.3, -0.25) is 14.9 Å². The van der Waals surface area contributed by atoms with E-state index in [1.807, 2.05) is 0 Å². The third-order valence-corrected chi connectivity index (χ3v) is 4.42. The molecule has 160 valence electrons. The van der Waals surface area contributed by atoms with Crippen LogP contribution in [0.5, 0.6) is 11.5 Å². The molecule has 0 aliphatic rings. The highest BCUT2D eigenvalue weighted by Crippen LogP contribution is 2.34. The number of aryl methyl sites for hydroxylation is 1. The molecule has 1 N–H and O–H groups in total. The highest BCUT2D eigenvalue weighted by molar-refractivity contribution is 6.35. The highest BCUT2D eigenvalue weighted by atomic mass is 35.5. The minimum atomic E-state index is -0.645. The van der Waals surface area contributed by atoms with Crippen LogP contribution in [0.2, 0.25) is 10.0 Å². The highest BCUT2D eigenvalue weighted by Gasteiger charge is 2.15. The van der Waals surface area contributed by atoms with Crippen LogP contribution in [0.3, 0.4) is 0 Å². The van der Waals surface area contributed by atoms with E-state index in [0.717, 1.165) is 0 Å². The molecule has 11 nitrogen and oxygen atoms in total. The van der Waals surface area contributed by atoms with Crippen molar-refractivity contribution >= 4 is 46.3 Å². The summed E-state index contributed by atoms with van der Waals surface area (Å²) in [4.78, 5) is 32.9. The van der Waals surface area contributed by atoms with Crippen molar-refractivity contribution in [3.05, 3.63) is 78.9 Å². The standard InChI is InChI=1S/C18H13Cl2N5O6/c19-11-1-2-16(15(20)7-11)31-14-9-12(8-13(10-14)24(27)28)21-18(26)4-6-23-5-3-17(22-23)25(29)30/h1-3,5,7-10H,4,6H2,(H,21,26). The van der Waals surface area contributed by atoms with Crippen molar-refractivity contribution in [2.75, 3.05) is 5.32 Å². The fourth-order valence-corrected chi connectivity index (χ4v) is 2.96.